The number of methoxy groups -OCH3 is 3. The molecule has 6 heteroatoms. The van der Waals surface area contributed by atoms with Gasteiger partial charge in [0.1, 0.15) is 0 Å². The normalized spacial score (nSPS) is 11.3. The van der Waals surface area contributed by atoms with Gasteiger partial charge in [-0.05, 0) is 53.1 Å². The van der Waals surface area contributed by atoms with E-state index < -0.39 is 0 Å². The molecule has 2 N–H and O–H groups in total. The van der Waals surface area contributed by atoms with E-state index >= 15 is 0 Å². The summed E-state index contributed by atoms with van der Waals surface area (Å²) in [6, 6.07) is 19.3. The summed E-state index contributed by atoms with van der Waals surface area (Å²) >= 11 is 0. The van der Waals surface area contributed by atoms with Gasteiger partial charge in [0, 0.05) is 28.9 Å². The standard InChI is InChI=1S/C28H26N2O4/c1-32-25-16-20(17-26(33-2)28(25)34-3)12-11-19-7-6-8-22(15-19)30-27(31)14-13-21-18-29-24-10-5-4-9-23(21)24/h4-18,29H,1-3H3,(H,30,31)/b12-11+,14-13+. The molecule has 0 aliphatic rings. The molecule has 4 aromatic rings. The minimum atomic E-state index is -0.198. The Morgan fingerprint density at radius 2 is 1.56 bits per heavy atom. The van der Waals surface area contributed by atoms with Crippen LogP contribution in [-0.4, -0.2) is 32.2 Å². The molecule has 172 valence electrons. The predicted octanol–water partition coefficient (Wildman–Crippen LogP) is 6.02. The van der Waals surface area contributed by atoms with Gasteiger partial charge in [0.05, 0.1) is 21.3 Å². The Hall–Kier alpha value is -4.45. The molecule has 34 heavy (non-hydrogen) atoms. The van der Waals surface area contributed by atoms with Gasteiger partial charge in [-0.2, -0.15) is 0 Å². The number of benzene rings is 3. The summed E-state index contributed by atoms with van der Waals surface area (Å²) in [6.07, 6.45) is 9.14. The number of aromatic amines is 1. The van der Waals surface area contributed by atoms with Crippen molar-refractivity contribution in [1.29, 1.82) is 0 Å². The number of fused-ring (bicyclic) bond motifs is 1. The van der Waals surface area contributed by atoms with Crippen molar-refractivity contribution in [2.45, 2.75) is 0 Å². The zero-order valence-corrected chi connectivity index (χ0v) is 19.3. The minimum absolute atomic E-state index is 0.198. The third kappa shape index (κ3) is 5.13. The van der Waals surface area contributed by atoms with Crippen LogP contribution in [0.15, 0.2) is 72.9 Å². The number of hydrogen-bond donors (Lipinski definition) is 2. The maximum atomic E-state index is 12.5. The van der Waals surface area contributed by atoms with Crippen molar-refractivity contribution in [1.82, 2.24) is 4.98 Å². The molecule has 0 aliphatic carbocycles. The highest BCUT2D eigenvalue weighted by molar-refractivity contribution is 6.03. The number of aromatic nitrogens is 1. The van der Waals surface area contributed by atoms with E-state index in [1.807, 2.05) is 85.1 Å². The Kier molecular flexibility index (Phi) is 6.98. The fourth-order valence-corrected chi connectivity index (χ4v) is 3.69. The number of rotatable bonds is 8. The van der Waals surface area contributed by atoms with E-state index in [-0.39, 0.29) is 5.91 Å². The fourth-order valence-electron chi connectivity index (χ4n) is 3.69. The van der Waals surface area contributed by atoms with Crippen molar-refractivity contribution in [3.05, 3.63) is 89.6 Å². The molecule has 0 saturated carbocycles. The van der Waals surface area contributed by atoms with E-state index in [1.165, 1.54) is 6.08 Å². The van der Waals surface area contributed by atoms with Crippen LogP contribution in [-0.2, 0) is 4.79 Å². The van der Waals surface area contributed by atoms with Gasteiger partial charge in [-0.3, -0.25) is 4.79 Å². The van der Waals surface area contributed by atoms with Crippen molar-refractivity contribution in [2.24, 2.45) is 0 Å². The van der Waals surface area contributed by atoms with Gasteiger partial charge in [0.25, 0.3) is 0 Å². The third-order valence-electron chi connectivity index (χ3n) is 5.34. The number of anilines is 1. The van der Waals surface area contributed by atoms with Crippen molar-refractivity contribution in [2.75, 3.05) is 26.6 Å². The van der Waals surface area contributed by atoms with Crippen LogP contribution in [0.1, 0.15) is 16.7 Å². The molecule has 0 bridgehead atoms. The quantitative estimate of drug-likeness (QED) is 0.252. The highest BCUT2D eigenvalue weighted by atomic mass is 16.5. The van der Waals surface area contributed by atoms with Gasteiger partial charge < -0.3 is 24.5 Å². The molecule has 1 amide bonds. The molecular formula is C28H26N2O4. The highest BCUT2D eigenvalue weighted by Gasteiger charge is 2.12. The summed E-state index contributed by atoms with van der Waals surface area (Å²) in [7, 11) is 4.75. The summed E-state index contributed by atoms with van der Waals surface area (Å²) in [4.78, 5) is 15.7. The number of ether oxygens (including phenoxy) is 3. The predicted molar refractivity (Wildman–Crippen MR) is 137 cm³/mol. The lowest BCUT2D eigenvalue weighted by atomic mass is 10.1. The zero-order valence-electron chi connectivity index (χ0n) is 19.3. The molecule has 0 radical (unpaired) electrons. The Balaban J connectivity index is 1.47. The monoisotopic (exact) mass is 454 g/mol. The second-order valence-corrected chi connectivity index (χ2v) is 7.53. The number of hydrogen-bond acceptors (Lipinski definition) is 4. The highest BCUT2D eigenvalue weighted by Crippen LogP contribution is 2.38. The lowest BCUT2D eigenvalue weighted by molar-refractivity contribution is -0.111. The molecule has 0 atom stereocenters. The molecule has 0 unspecified atom stereocenters. The summed E-state index contributed by atoms with van der Waals surface area (Å²) in [5.41, 5.74) is 4.54. The van der Waals surface area contributed by atoms with Crippen molar-refractivity contribution < 1.29 is 19.0 Å². The van der Waals surface area contributed by atoms with Gasteiger partial charge in [-0.1, -0.05) is 42.5 Å². The molecule has 0 saturated heterocycles. The first-order valence-electron chi connectivity index (χ1n) is 10.7. The van der Waals surface area contributed by atoms with Gasteiger partial charge in [-0.15, -0.1) is 0 Å². The van der Waals surface area contributed by atoms with E-state index in [1.54, 1.807) is 21.3 Å². The van der Waals surface area contributed by atoms with E-state index in [0.29, 0.717) is 22.9 Å². The summed E-state index contributed by atoms with van der Waals surface area (Å²) in [6.45, 7) is 0. The van der Waals surface area contributed by atoms with Crippen LogP contribution < -0.4 is 19.5 Å². The molecule has 3 aromatic carbocycles. The first-order valence-corrected chi connectivity index (χ1v) is 10.7. The lowest BCUT2D eigenvalue weighted by Crippen LogP contribution is -2.07. The van der Waals surface area contributed by atoms with Crippen molar-refractivity contribution >= 4 is 40.7 Å². The number of nitrogens with one attached hydrogen (secondary N) is 2. The first kappa shape index (κ1) is 22.7. The van der Waals surface area contributed by atoms with Gasteiger partial charge in [0.2, 0.25) is 11.7 Å². The molecule has 1 aromatic heterocycles. The van der Waals surface area contributed by atoms with Gasteiger partial charge in [-0.25, -0.2) is 0 Å². The van der Waals surface area contributed by atoms with Crippen LogP contribution in [0.2, 0.25) is 0 Å². The fraction of sp³-hybridized carbons (Fsp3) is 0.107. The maximum Gasteiger partial charge on any atom is 0.248 e. The van der Waals surface area contributed by atoms with E-state index in [0.717, 1.165) is 27.6 Å². The second-order valence-electron chi connectivity index (χ2n) is 7.53. The van der Waals surface area contributed by atoms with E-state index in [4.69, 9.17) is 14.2 Å². The number of H-pyrrole nitrogens is 1. The van der Waals surface area contributed by atoms with E-state index in [9.17, 15) is 4.79 Å². The minimum Gasteiger partial charge on any atom is -0.493 e. The SMILES string of the molecule is COc1cc(/C=C/c2cccc(NC(=O)/C=C/c3c[nH]c4ccccc34)c2)cc(OC)c1OC. The summed E-state index contributed by atoms with van der Waals surface area (Å²) in [5.74, 6) is 1.53. The number of amides is 1. The Bertz CT molecular complexity index is 1340. The Morgan fingerprint density at radius 3 is 2.29 bits per heavy atom. The molecular weight excluding hydrogens is 428 g/mol. The van der Waals surface area contributed by atoms with Crippen molar-refractivity contribution in [3.63, 3.8) is 0 Å². The number of carbonyl (C=O) groups is 1. The van der Waals surface area contributed by atoms with Crippen LogP contribution in [0, 0.1) is 0 Å². The van der Waals surface area contributed by atoms with Gasteiger partial charge in [0.15, 0.2) is 11.5 Å². The van der Waals surface area contributed by atoms with Crippen LogP contribution in [0.3, 0.4) is 0 Å². The molecule has 0 aliphatic heterocycles. The Labute approximate surface area is 198 Å². The molecule has 0 fully saturated rings. The smallest absolute Gasteiger partial charge is 0.248 e. The van der Waals surface area contributed by atoms with Crippen LogP contribution in [0.4, 0.5) is 5.69 Å². The topological polar surface area (TPSA) is 72.6 Å². The molecule has 6 nitrogen and oxygen atoms in total. The Morgan fingerprint density at radius 1 is 0.824 bits per heavy atom. The average Bonchev–Trinajstić information content (AvgIpc) is 3.29. The number of para-hydroxylation sites is 1. The van der Waals surface area contributed by atoms with Crippen LogP contribution in [0.5, 0.6) is 17.2 Å². The maximum absolute atomic E-state index is 12.5. The molecule has 0 spiro atoms. The van der Waals surface area contributed by atoms with Crippen LogP contribution in [0.25, 0.3) is 29.1 Å². The largest absolute Gasteiger partial charge is 0.493 e. The molecule has 4 rings (SSSR count). The summed E-state index contributed by atoms with van der Waals surface area (Å²) in [5, 5.41) is 3.99. The second kappa shape index (κ2) is 10.4. The lowest BCUT2D eigenvalue weighted by Gasteiger charge is -2.12. The third-order valence-corrected chi connectivity index (χ3v) is 5.34. The van der Waals surface area contributed by atoms with Gasteiger partial charge >= 0.3 is 0 Å². The van der Waals surface area contributed by atoms with Crippen molar-refractivity contribution in [3.8, 4) is 17.2 Å². The number of carbonyl (C=O) groups excluding carboxylic acids is 1. The molecule has 1 heterocycles. The first-order chi connectivity index (χ1) is 16.6. The zero-order chi connectivity index (χ0) is 23.9. The summed E-state index contributed by atoms with van der Waals surface area (Å²) < 4.78 is 16.2. The van der Waals surface area contributed by atoms with E-state index in [2.05, 4.69) is 10.3 Å². The van der Waals surface area contributed by atoms with Crippen LogP contribution >= 0.6 is 0 Å². The average molecular weight is 455 g/mol.